The quantitative estimate of drug-likeness (QED) is 0.611. The lowest BCUT2D eigenvalue weighted by Gasteiger charge is -2.23. The standard InChI is InChI=1S/C21H21FN4O2S/c1-3-13(2)17(23-18(27)15-11-7-8-12-16(15)22)19(28)24-21-26-25-20(29-21)14-9-5-4-6-10-14/h4-13,17H,3H2,1-2H3,(H,23,27)(H,24,26,28). The third-order valence-electron chi connectivity index (χ3n) is 4.58. The predicted molar refractivity (Wildman–Crippen MR) is 111 cm³/mol. The fourth-order valence-corrected chi connectivity index (χ4v) is 3.47. The van der Waals surface area contributed by atoms with E-state index >= 15 is 0 Å². The summed E-state index contributed by atoms with van der Waals surface area (Å²) in [5.41, 5.74) is 0.799. The molecule has 3 aromatic rings. The first-order valence-electron chi connectivity index (χ1n) is 9.24. The largest absolute Gasteiger partial charge is 0.340 e. The highest BCUT2D eigenvalue weighted by molar-refractivity contribution is 7.18. The molecule has 8 heteroatoms. The lowest BCUT2D eigenvalue weighted by Crippen LogP contribution is -2.47. The van der Waals surface area contributed by atoms with Crippen molar-refractivity contribution in [3.8, 4) is 10.6 Å². The number of rotatable bonds is 7. The number of hydrogen-bond donors (Lipinski definition) is 2. The molecule has 0 aliphatic heterocycles. The topological polar surface area (TPSA) is 84.0 Å². The zero-order valence-corrected chi connectivity index (χ0v) is 16.9. The Morgan fingerprint density at radius 1 is 1.07 bits per heavy atom. The van der Waals surface area contributed by atoms with Crippen LogP contribution in [0.3, 0.4) is 0 Å². The summed E-state index contributed by atoms with van der Waals surface area (Å²) < 4.78 is 13.9. The van der Waals surface area contributed by atoms with Gasteiger partial charge in [-0.3, -0.25) is 14.9 Å². The summed E-state index contributed by atoms with van der Waals surface area (Å²) >= 11 is 1.24. The Kier molecular flexibility index (Phi) is 6.66. The molecule has 2 N–H and O–H groups in total. The Balaban J connectivity index is 1.74. The van der Waals surface area contributed by atoms with Gasteiger partial charge >= 0.3 is 0 Å². The molecule has 0 aliphatic carbocycles. The lowest BCUT2D eigenvalue weighted by molar-refractivity contribution is -0.119. The average molecular weight is 412 g/mol. The lowest BCUT2D eigenvalue weighted by atomic mass is 9.98. The van der Waals surface area contributed by atoms with Crippen molar-refractivity contribution in [1.29, 1.82) is 0 Å². The van der Waals surface area contributed by atoms with Crippen LogP contribution in [-0.4, -0.2) is 28.1 Å². The molecule has 0 spiro atoms. The summed E-state index contributed by atoms with van der Waals surface area (Å²) in [7, 11) is 0. The Bertz CT molecular complexity index is 993. The number of benzene rings is 2. The summed E-state index contributed by atoms with van der Waals surface area (Å²) in [6.07, 6.45) is 0.654. The first-order chi connectivity index (χ1) is 14.0. The van der Waals surface area contributed by atoms with Gasteiger partial charge in [0.1, 0.15) is 16.9 Å². The van der Waals surface area contributed by atoms with E-state index in [0.29, 0.717) is 16.6 Å². The molecule has 0 aliphatic rings. The van der Waals surface area contributed by atoms with E-state index in [9.17, 15) is 14.0 Å². The second kappa shape index (κ2) is 9.38. The molecule has 0 radical (unpaired) electrons. The number of nitrogens with zero attached hydrogens (tertiary/aromatic N) is 2. The van der Waals surface area contributed by atoms with Gasteiger partial charge in [0.25, 0.3) is 5.91 Å². The van der Waals surface area contributed by atoms with Gasteiger partial charge in [-0.15, -0.1) is 10.2 Å². The van der Waals surface area contributed by atoms with Gasteiger partial charge in [0, 0.05) is 5.56 Å². The predicted octanol–water partition coefficient (Wildman–Crippen LogP) is 4.13. The summed E-state index contributed by atoms with van der Waals surface area (Å²) in [6, 6.07) is 14.3. The highest BCUT2D eigenvalue weighted by Gasteiger charge is 2.28. The maximum absolute atomic E-state index is 13.9. The zero-order chi connectivity index (χ0) is 20.8. The van der Waals surface area contributed by atoms with Crippen LogP contribution in [-0.2, 0) is 4.79 Å². The van der Waals surface area contributed by atoms with Crippen LogP contribution in [0.4, 0.5) is 9.52 Å². The van der Waals surface area contributed by atoms with Crippen LogP contribution in [0.1, 0.15) is 30.6 Å². The Labute approximate surface area is 172 Å². The number of halogens is 1. The van der Waals surface area contributed by atoms with E-state index in [1.807, 2.05) is 44.2 Å². The van der Waals surface area contributed by atoms with Crippen LogP contribution in [0.2, 0.25) is 0 Å². The van der Waals surface area contributed by atoms with Crippen LogP contribution >= 0.6 is 11.3 Å². The molecule has 1 heterocycles. The van der Waals surface area contributed by atoms with Gasteiger partial charge in [0.05, 0.1) is 5.56 Å². The number of hydrogen-bond acceptors (Lipinski definition) is 5. The Morgan fingerprint density at radius 2 is 1.76 bits per heavy atom. The minimum absolute atomic E-state index is 0.101. The summed E-state index contributed by atoms with van der Waals surface area (Å²) in [5.74, 6) is -1.84. The van der Waals surface area contributed by atoms with Gasteiger partial charge in [0.2, 0.25) is 11.0 Å². The highest BCUT2D eigenvalue weighted by Crippen LogP contribution is 2.26. The van der Waals surface area contributed by atoms with Crippen LogP contribution in [0.25, 0.3) is 10.6 Å². The van der Waals surface area contributed by atoms with Crippen LogP contribution < -0.4 is 10.6 Å². The summed E-state index contributed by atoms with van der Waals surface area (Å²) in [6.45, 7) is 3.76. The molecule has 2 amide bonds. The van der Waals surface area contributed by atoms with Crippen molar-refractivity contribution >= 4 is 28.3 Å². The first kappa shape index (κ1) is 20.6. The van der Waals surface area contributed by atoms with E-state index in [1.165, 1.54) is 29.5 Å². The molecule has 29 heavy (non-hydrogen) atoms. The molecule has 0 saturated heterocycles. The molecule has 1 aromatic heterocycles. The fraction of sp³-hybridized carbons (Fsp3) is 0.238. The highest BCUT2D eigenvalue weighted by atomic mass is 32.1. The summed E-state index contributed by atoms with van der Waals surface area (Å²) in [5, 5.41) is 14.5. The molecule has 2 unspecified atom stereocenters. The molecular formula is C21H21FN4O2S. The fourth-order valence-electron chi connectivity index (χ4n) is 2.72. The second-order valence-corrected chi connectivity index (χ2v) is 7.56. The minimum atomic E-state index is -0.837. The van der Waals surface area contributed by atoms with Crippen LogP contribution in [0.5, 0.6) is 0 Å². The van der Waals surface area contributed by atoms with E-state index in [1.54, 1.807) is 6.07 Å². The third-order valence-corrected chi connectivity index (χ3v) is 5.46. The van der Waals surface area contributed by atoms with Gasteiger partial charge in [-0.05, 0) is 18.1 Å². The van der Waals surface area contributed by atoms with E-state index < -0.39 is 23.7 Å². The normalized spacial score (nSPS) is 12.8. The van der Waals surface area contributed by atoms with E-state index in [-0.39, 0.29) is 11.5 Å². The Morgan fingerprint density at radius 3 is 2.45 bits per heavy atom. The summed E-state index contributed by atoms with van der Waals surface area (Å²) in [4.78, 5) is 25.3. The van der Waals surface area contributed by atoms with Crippen LogP contribution in [0.15, 0.2) is 54.6 Å². The van der Waals surface area contributed by atoms with E-state index in [4.69, 9.17) is 0 Å². The van der Waals surface area contributed by atoms with Crippen molar-refractivity contribution in [2.75, 3.05) is 5.32 Å². The third kappa shape index (κ3) is 5.03. The number of nitrogens with one attached hydrogen (secondary N) is 2. The van der Waals surface area contributed by atoms with Gasteiger partial charge in [-0.2, -0.15) is 0 Å². The second-order valence-electron chi connectivity index (χ2n) is 6.58. The van der Waals surface area contributed by atoms with Gasteiger partial charge in [-0.1, -0.05) is 74.1 Å². The number of aromatic nitrogens is 2. The molecule has 2 atom stereocenters. The zero-order valence-electron chi connectivity index (χ0n) is 16.1. The number of carbonyl (C=O) groups excluding carboxylic acids is 2. The van der Waals surface area contributed by atoms with Gasteiger partial charge in [0.15, 0.2) is 0 Å². The van der Waals surface area contributed by atoms with Crippen molar-refractivity contribution in [2.24, 2.45) is 5.92 Å². The molecule has 2 aromatic carbocycles. The molecule has 0 saturated carbocycles. The smallest absolute Gasteiger partial charge is 0.254 e. The molecule has 0 bridgehead atoms. The molecule has 3 rings (SSSR count). The number of carbonyl (C=O) groups is 2. The number of amides is 2. The maximum Gasteiger partial charge on any atom is 0.254 e. The molecule has 0 fully saturated rings. The van der Waals surface area contributed by atoms with Gasteiger partial charge < -0.3 is 5.32 Å². The van der Waals surface area contributed by atoms with E-state index in [0.717, 1.165) is 5.56 Å². The molecule has 150 valence electrons. The average Bonchev–Trinajstić information content (AvgIpc) is 3.20. The number of anilines is 1. The Hall–Kier alpha value is -3.13. The van der Waals surface area contributed by atoms with Crippen molar-refractivity contribution in [3.05, 3.63) is 66.0 Å². The SMILES string of the molecule is CCC(C)C(NC(=O)c1ccccc1F)C(=O)Nc1nnc(-c2ccccc2)s1. The van der Waals surface area contributed by atoms with Gasteiger partial charge in [-0.25, -0.2) is 4.39 Å². The van der Waals surface area contributed by atoms with Crippen molar-refractivity contribution in [2.45, 2.75) is 26.3 Å². The van der Waals surface area contributed by atoms with Crippen molar-refractivity contribution < 1.29 is 14.0 Å². The minimum Gasteiger partial charge on any atom is -0.340 e. The molecular weight excluding hydrogens is 391 g/mol. The maximum atomic E-state index is 13.9. The first-order valence-corrected chi connectivity index (χ1v) is 10.1. The van der Waals surface area contributed by atoms with E-state index in [2.05, 4.69) is 20.8 Å². The van der Waals surface area contributed by atoms with Crippen LogP contribution in [0, 0.1) is 11.7 Å². The van der Waals surface area contributed by atoms with Crippen molar-refractivity contribution in [3.63, 3.8) is 0 Å². The monoisotopic (exact) mass is 412 g/mol. The molecule has 6 nitrogen and oxygen atoms in total. The van der Waals surface area contributed by atoms with Crippen molar-refractivity contribution in [1.82, 2.24) is 15.5 Å².